The number of aliphatic carboxylic acids is 1. The van der Waals surface area contributed by atoms with Crippen molar-refractivity contribution < 1.29 is 9.90 Å². The van der Waals surface area contributed by atoms with Crippen molar-refractivity contribution in [1.82, 2.24) is 9.97 Å². The number of hydrogen-bond donors (Lipinski definition) is 3. The van der Waals surface area contributed by atoms with Crippen molar-refractivity contribution in [3.05, 3.63) is 32.1 Å². The first kappa shape index (κ1) is 10.2. The molecule has 76 valence electrons. The molecule has 0 radical (unpaired) electrons. The van der Waals surface area contributed by atoms with E-state index in [1.807, 2.05) is 4.98 Å². The summed E-state index contributed by atoms with van der Waals surface area (Å²) >= 11 is 0. The first-order valence-corrected chi connectivity index (χ1v) is 4.04. The standard InChI is InChI=1S/C8H10N2O4/c1-4-5(2-3-6(11)12)7(13)10-8(14)9-4/h2-3H2,1H3,(H,11,12)(H2,9,10,13,14). The van der Waals surface area contributed by atoms with Gasteiger partial charge in [0.15, 0.2) is 0 Å². The minimum atomic E-state index is -0.977. The third-order valence-electron chi connectivity index (χ3n) is 1.84. The van der Waals surface area contributed by atoms with Crippen LogP contribution in [0, 0.1) is 6.92 Å². The molecule has 3 N–H and O–H groups in total. The Hall–Kier alpha value is -1.85. The second-order valence-electron chi connectivity index (χ2n) is 2.91. The van der Waals surface area contributed by atoms with E-state index in [0.29, 0.717) is 11.3 Å². The number of aromatic amines is 2. The van der Waals surface area contributed by atoms with Crippen molar-refractivity contribution in [2.45, 2.75) is 19.8 Å². The zero-order valence-corrected chi connectivity index (χ0v) is 7.59. The Kier molecular flexibility index (Phi) is 2.85. The molecular formula is C8H10N2O4. The zero-order chi connectivity index (χ0) is 10.7. The van der Waals surface area contributed by atoms with Gasteiger partial charge in [0.2, 0.25) is 0 Å². The number of aromatic nitrogens is 2. The first-order chi connectivity index (χ1) is 6.50. The maximum atomic E-state index is 11.2. The molecule has 0 unspecified atom stereocenters. The lowest BCUT2D eigenvalue weighted by molar-refractivity contribution is -0.136. The molecule has 1 rings (SSSR count). The Morgan fingerprint density at radius 1 is 1.36 bits per heavy atom. The van der Waals surface area contributed by atoms with E-state index in [4.69, 9.17) is 5.11 Å². The smallest absolute Gasteiger partial charge is 0.325 e. The van der Waals surface area contributed by atoms with Crippen LogP contribution in [0.15, 0.2) is 9.59 Å². The van der Waals surface area contributed by atoms with Crippen LogP contribution >= 0.6 is 0 Å². The van der Waals surface area contributed by atoms with Gasteiger partial charge in [-0.3, -0.25) is 14.6 Å². The van der Waals surface area contributed by atoms with Crippen LogP contribution in [0.4, 0.5) is 0 Å². The van der Waals surface area contributed by atoms with Crippen molar-refractivity contribution in [3.63, 3.8) is 0 Å². The number of carboxylic acid groups (broad SMARTS) is 1. The van der Waals surface area contributed by atoms with Crippen molar-refractivity contribution in [2.24, 2.45) is 0 Å². The maximum Gasteiger partial charge on any atom is 0.325 e. The lowest BCUT2D eigenvalue weighted by Crippen LogP contribution is -2.27. The number of aryl methyl sites for hydroxylation is 1. The topological polar surface area (TPSA) is 103 Å². The summed E-state index contributed by atoms with van der Waals surface area (Å²) in [4.78, 5) is 36.7. The van der Waals surface area contributed by atoms with Crippen LogP contribution in [0.25, 0.3) is 0 Å². The van der Waals surface area contributed by atoms with Crippen LogP contribution in [0.3, 0.4) is 0 Å². The van der Waals surface area contributed by atoms with Crippen LogP contribution < -0.4 is 11.2 Å². The van der Waals surface area contributed by atoms with Crippen LogP contribution in [0.2, 0.25) is 0 Å². The largest absolute Gasteiger partial charge is 0.481 e. The van der Waals surface area contributed by atoms with Crippen molar-refractivity contribution in [2.75, 3.05) is 0 Å². The molecule has 0 aromatic carbocycles. The Balaban J connectivity index is 3.03. The highest BCUT2D eigenvalue weighted by atomic mass is 16.4. The van der Waals surface area contributed by atoms with Crippen LogP contribution in [0.5, 0.6) is 0 Å². The second kappa shape index (κ2) is 3.91. The third-order valence-corrected chi connectivity index (χ3v) is 1.84. The first-order valence-electron chi connectivity index (χ1n) is 4.04. The van der Waals surface area contributed by atoms with Gasteiger partial charge in [0.1, 0.15) is 0 Å². The summed E-state index contributed by atoms with van der Waals surface area (Å²) in [5, 5.41) is 8.43. The molecule has 1 aromatic heterocycles. The van der Waals surface area contributed by atoms with Crippen molar-refractivity contribution in [3.8, 4) is 0 Å². The third kappa shape index (κ3) is 2.32. The molecule has 0 aliphatic carbocycles. The number of rotatable bonds is 3. The fourth-order valence-corrected chi connectivity index (χ4v) is 1.16. The summed E-state index contributed by atoms with van der Waals surface area (Å²) in [5.41, 5.74) is -0.369. The van der Waals surface area contributed by atoms with E-state index in [1.54, 1.807) is 6.92 Å². The van der Waals surface area contributed by atoms with Gasteiger partial charge in [-0.2, -0.15) is 0 Å². The van der Waals surface area contributed by atoms with Crippen molar-refractivity contribution in [1.29, 1.82) is 0 Å². The normalized spacial score (nSPS) is 10.1. The van der Waals surface area contributed by atoms with Gasteiger partial charge >= 0.3 is 11.7 Å². The monoisotopic (exact) mass is 198 g/mol. The second-order valence-corrected chi connectivity index (χ2v) is 2.91. The molecule has 14 heavy (non-hydrogen) atoms. The number of hydrogen-bond acceptors (Lipinski definition) is 3. The molecular weight excluding hydrogens is 188 g/mol. The van der Waals surface area contributed by atoms with E-state index in [2.05, 4.69) is 4.98 Å². The summed E-state index contributed by atoms with van der Waals surface area (Å²) in [6, 6.07) is 0. The minimum absolute atomic E-state index is 0.118. The Morgan fingerprint density at radius 2 is 2.00 bits per heavy atom. The zero-order valence-electron chi connectivity index (χ0n) is 7.59. The number of nitrogens with one attached hydrogen (secondary N) is 2. The van der Waals surface area contributed by atoms with E-state index < -0.39 is 17.2 Å². The summed E-state index contributed by atoms with van der Waals surface area (Å²) in [6.45, 7) is 1.56. The SMILES string of the molecule is Cc1[nH]c(=O)[nH]c(=O)c1CCC(=O)O. The Bertz CT molecular complexity index is 457. The minimum Gasteiger partial charge on any atom is -0.481 e. The molecule has 0 saturated heterocycles. The van der Waals surface area contributed by atoms with Crippen LogP contribution in [-0.2, 0) is 11.2 Å². The van der Waals surface area contributed by atoms with Gasteiger partial charge in [-0.1, -0.05) is 0 Å². The van der Waals surface area contributed by atoms with E-state index in [-0.39, 0.29) is 12.8 Å². The van der Waals surface area contributed by atoms with Crippen LogP contribution in [-0.4, -0.2) is 21.0 Å². The van der Waals surface area contributed by atoms with Gasteiger partial charge in [-0.15, -0.1) is 0 Å². The maximum absolute atomic E-state index is 11.2. The highest BCUT2D eigenvalue weighted by Crippen LogP contribution is 1.99. The molecule has 6 nitrogen and oxygen atoms in total. The highest BCUT2D eigenvalue weighted by Gasteiger charge is 2.07. The molecule has 0 spiro atoms. The molecule has 1 aromatic rings. The van der Waals surface area contributed by atoms with Gasteiger partial charge in [-0.25, -0.2) is 4.79 Å². The van der Waals surface area contributed by atoms with Gasteiger partial charge in [0, 0.05) is 17.7 Å². The molecule has 1 heterocycles. The van der Waals surface area contributed by atoms with E-state index in [1.165, 1.54) is 0 Å². The van der Waals surface area contributed by atoms with Gasteiger partial charge in [0.25, 0.3) is 5.56 Å². The quantitative estimate of drug-likeness (QED) is 0.602. The number of carboxylic acids is 1. The molecule has 0 amide bonds. The molecule has 0 bridgehead atoms. The van der Waals surface area contributed by atoms with E-state index in [9.17, 15) is 14.4 Å². The Labute approximate surface area is 78.6 Å². The summed E-state index contributed by atoms with van der Waals surface area (Å²) in [6.07, 6.45) is -0.0107. The average molecular weight is 198 g/mol. The lowest BCUT2D eigenvalue weighted by atomic mass is 10.1. The van der Waals surface area contributed by atoms with Gasteiger partial charge in [-0.05, 0) is 13.3 Å². The van der Waals surface area contributed by atoms with Crippen LogP contribution in [0.1, 0.15) is 17.7 Å². The molecule has 6 heteroatoms. The van der Waals surface area contributed by atoms with E-state index in [0.717, 1.165) is 0 Å². The summed E-state index contributed by atoms with van der Waals surface area (Å²) in [5.74, 6) is -0.977. The summed E-state index contributed by atoms with van der Waals surface area (Å²) in [7, 11) is 0. The summed E-state index contributed by atoms with van der Waals surface area (Å²) < 4.78 is 0. The molecule has 0 saturated carbocycles. The lowest BCUT2D eigenvalue weighted by Gasteiger charge is -2.00. The Morgan fingerprint density at radius 3 is 2.50 bits per heavy atom. The molecule has 0 fully saturated rings. The average Bonchev–Trinajstić information content (AvgIpc) is 2.01. The number of carbonyl (C=O) groups is 1. The molecule has 0 atom stereocenters. The highest BCUT2D eigenvalue weighted by molar-refractivity contribution is 5.67. The van der Waals surface area contributed by atoms with Gasteiger partial charge < -0.3 is 10.1 Å². The molecule has 0 aliphatic heterocycles. The van der Waals surface area contributed by atoms with E-state index >= 15 is 0 Å². The van der Waals surface area contributed by atoms with Gasteiger partial charge in [0.05, 0.1) is 0 Å². The predicted molar refractivity (Wildman–Crippen MR) is 48.4 cm³/mol. The predicted octanol–water partition coefficient (Wildman–Crippen LogP) is -0.611. The fourth-order valence-electron chi connectivity index (χ4n) is 1.16. The van der Waals surface area contributed by atoms with Crippen molar-refractivity contribution >= 4 is 5.97 Å². The molecule has 0 aliphatic rings. The number of H-pyrrole nitrogens is 2. The fraction of sp³-hybridized carbons (Fsp3) is 0.375.